The molecular weight excluding hydrogens is 390 g/mol. The fraction of sp³-hybridized carbons (Fsp3) is 0.0870. The number of rotatable bonds is 6. The van der Waals surface area contributed by atoms with Crippen LogP contribution in [0.25, 0.3) is 16.7 Å². The lowest BCUT2D eigenvalue weighted by molar-refractivity contribution is 0.0950. The first-order valence-electron chi connectivity index (χ1n) is 9.86. The zero-order valence-corrected chi connectivity index (χ0v) is 16.6. The van der Waals surface area contributed by atoms with Gasteiger partial charge in [-0.15, -0.1) is 5.10 Å². The molecule has 0 saturated heterocycles. The molecule has 5 rings (SSSR count). The molecule has 0 aliphatic carbocycles. The number of para-hydroxylation sites is 3. The number of fused-ring (bicyclic) bond motifs is 1. The van der Waals surface area contributed by atoms with Crippen molar-refractivity contribution in [2.45, 2.75) is 13.1 Å². The normalized spacial score (nSPS) is 11.0. The number of carbonyl (C=O) groups excluding carboxylic acids is 1. The van der Waals surface area contributed by atoms with E-state index in [-0.39, 0.29) is 5.91 Å². The number of hydrogen-bond donors (Lipinski definition) is 1. The highest BCUT2D eigenvalue weighted by molar-refractivity contribution is 5.97. The number of tetrazole rings is 1. The smallest absolute Gasteiger partial charge is 0.253 e. The maximum atomic E-state index is 12.8. The Bertz CT molecular complexity index is 1340. The number of benzene rings is 3. The van der Waals surface area contributed by atoms with Crippen molar-refractivity contribution < 1.29 is 4.79 Å². The van der Waals surface area contributed by atoms with Crippen LogP contribution in [0.15, 0.2) is 85.5 Å². The van der Waals surface area contributed by atoms with Gasteiger partial charge in [0.2, 0.25) is 0 Å². The first-order valence-corrected chi connectivity index (χ1v) is 9.86. The minimum absolute atomic E-state index is 0.183. The molecule has 5 aromatic rings. The van der Waals surface area contributed by atoms with Crippen LogP contribution in [-0.4, -0.2) is 35.7 Å². The van der Waals surface area contributed by atoms with Crippen LogP contribution >= 0.6 is 0 Å². The fourth-order valence-electron chi connectivity index (χ4n) is 3.59. The van der Waals surface area contributed by atoms with E-state index in [1.54, 1.807) is 12.1 Å². The molecule has 8 nitrogen and oxygen atoms in total. The third kappa shape index (κ3) is 3.91. The maximum Gasteiger partial charge on any atom is 0.253 e. The van der Waals surface area contributed by atoms with Gasteiger partial charge in [-0.25, -0.2) is 4.98 Å². The van der Waals surface area contributed by atoms with Gasteiger partial charge in [-0.2, -0.15) is 4.68 Å². The van der Waals surface area contributed by atoms with Gasteiger partial charge >= 0.3 is 0 Å². The van der Waals surface area contributed by atoms with Crippen molar-refractivity contribution in [3.05, 3.63) is 102 Å². The number of nitrogens with zero attached hydrogens (tertiary/aromatic N) is 6. The van der Waals surface area contributed by atoms with Crippen LogP contribution < -0.4 is 5.32 Å². The molecule has 1 N–H and O–H groups in total. The average molecular weight is 409 g/mol. The third-order valence-electron chi connectivity index (χ3n) is 5.07. The van der Waals surface area contributed by atoms with Gasteiger partial charge in [0.05, 0.1) is 28.6 Å². The molecule has 0 spiro atoms. The number of aromatic nitrogens is 6. The highest BCUT2D eigenvalue weighted by atomic mass is 16.1. The van der Waals surface area contributed by atoms with Crippen molar-refractivity contribution in [3.8, 4) is 5.69 Å². The Hall–Kier alpha value is -4.33. The predicted octanol–water partition coefficient (Wildman–Crippen LogP) is 2.99. The molecule has 2 aromatic heterocycles. The Morgan fingerprint density at radius 1 is 0.903 bits per heavy atom. The van der Waals surface area contributed by atoms with Crippen LogP contribution in [0, 0.1) is 0 Å². The van der Waals surface area contributed by atoms with Crippen molar-refractivity contribution in [2.24, 2.45) is 0 Å². The molecule has 0 saturated carbocycles. The van der Waals surface area contributed by atoms with Crippen molar-refractivity contribution in [1.82, 2.24) is 35.1 Å². The molecular formula is C23H19N7O. The van der Waals surface area contributed by atoms with E-state index >= 15 is 0 Å². The second-order valence-corrected chi connectivity index (χ2v) is 7.14. The fourth-order valence-corrected chi connectivity index (χ4v) is 3.59. The first-order chi connectivity index (χ1) is 15.3. The zero-order chi connectivity index (χ0) is 21.0. The van der Waals surface area contributed by atoms with Gasteiger partial charge < -0.3 is 9.88 Å². The summed E-state index contributed by atoms with van der Waals surface area (Å²) in [5.74, 6) is -0.183. The molecule has 0 fully saturated rings. The first kappa shape index (κ1) is 18.7. The summed E-state index contributed by atoms with van der Waals surface area (Å²) in [5.41, 5.74) is 5.38. The molecule has 0 unspecified atom stereocenters. The topological polar surface area (TPSA) is 90.5 Å². The lowest BCUT2D eigenvalue weighted by atomic mass is 10.1. The summed E-state index contributed by atoms with van der Waals surface area (Å²) in [5, 5.41) is 14.2. The monoisotopic (exact) mass is 409 g/mol. The Morgan fingerprint density at radius 3 is 2.65 bits per heavy atom. The molecule has 1 amide bonds. The lowest BCUT2D eigenvalue weighted by Gasteiger charge is -2.11. The van der Waals surface area contributed by atoms with Crippen LogP contribution in [0.1, 0.15) is 21.5 Å². The highest BCUT2D eigenvalue weighted by Crippen LogP contribution is 2.16. The van der Waals surface area contributed by atoms with E-state index in [1.165, 1.54) is 11.0 Å². The molecule has 0 aliphatic rings. The van der Waals surface area contributed by atoms with E-state index in [1.807, 2.05) is 48.8 Å². The summed E-state index contributed by atoms with van der Waals surface area (Å²) < 4.78 is 3.60. The van der Waals surface area contributed by atoms with Gasteiger partial charge in [0, 0.05) is 13.1 Å². The molecule has 0 aliphatic heterocycles. The number of imidazole rings is 1. The summed E-state index contributed by atoms with van der Waals surface area (Å²) in [6.07, 6.45) is 3.32. The second kappa shape index (κ2) is 8.19. The number of amides is 1. The molecule has 0 atom stereocenters. The molecule has 31 heavy (non-hydrogen) atoms. The minimum atomic E-state index is -0.183. The van der Waals surface area contributed by atoms with Crippen molar-refractivity contribution in [1.29, 1.82) is 0 Å². The van der Waals surface area contributed by atoms with Crippen LogP contribution in [0.3, 0.4) is 0 Å². The summed E-state index contributed by atoms with van der Waals surface area (Å²) in [6.45, 7) is 1.13. The number of hydrogen-bond acceptors (Lipinski definition) is 5. The quantitative estimate of drug-likeness (QED) is 0.466. The summed E-state index contributed by atoms with van der Waals surface area (Å²) >= 11 is 0. The standard InChI is InChI=1S/C23H19N7O/c31-23(19-8-1-3-10-21(19)30-16-26-27-28-30)24-13-17-6-5-7-18(12-17)14-29-15-25-20-9-2-4-11-22(20)29/h1-12,15-16H,13-14H2,(H,24,31). The Morgan fingerprint density at radius 2 is 1.74 bits per heavy atom. The van der Waals surface area contributed by atoms with Crippen LogP contribution in [-0.2, 0) is 13.1 Å². The van der Waals surface area contributed by atoms with E-state index in [4.69, 9.17) is 0 Å². The highest BCUT2D eigenvalue weighted by Gasteiger charge is 2.13. The van der Waals surface area contributed by atoms with Crippen molar-refractivity contribution >= 4 is 16.9 Å². The maximum absolute atomic E-state index is 12.8. The minimum Gasteiger partial charge on any atom is -0.348 e. The largest absolute Gasteiger partial charge is 0.348 e. The van der Waals surface area contributed by atoms with E-state index in [0.717, 1.165) is 22.2 Å². The van der Waals surface area contributed by atoms with Gasteiger partial charge in [0.1, 0.15) is 6.33 Å². The van der Waals surface area contributed by atoms with Crippen molar-refractivity contribution in [2.75, 3.05) is 0 Å². The number of carbonyl (C=O) groups is 1. The Kier molecular flexibility index (Phi) is 4.94. The van der Waals surface area contributed by atoms with Gasteiger partial charge in [0.15, 0.2) is 0 Å². The van der Waals surface area contributed by atoms with Gasteiger partial charge in [0.25, 0.3) is 5.91 Å². The van der Waals surface area contributed by atoms with E-state index in [2.05, 4.69) is 48.6 Å². The second-order valence-electron chi connectivity index (χ2n) is 7.14. The van der Waals surface area contributed by atoms with E-state index < -0.39 is 0 Å². The van der Waals surface area contributed by atoms with E-state index in [0.29, 0.717) is 24.3 Å². The molecule has 2 heterocycles. The summed E-state index contributed by atoms with van der Waals surface area (Å²) in [6, 6.07) is 23.5. The average Bonchev–Trinajstić information content (AvgIpc) is 3.49. The predicted molar refractivity (Wildman–Crippen MR) is 116 cm³/mol. The lowest BCUT2D eigenvalue weighted by Crippen LogP contribution is -2.24. The van der Waals surface area contributed by atoms with Gasteiger partial charge in [-0.05, 0) is 45.8 Å². The molecule has 3 aromatic carbocycles. The van der Waals surface area contributed by atoms with Crippen LogP contribution in [0.2, 0.25) is 0 Å². The summed E-state index contributed by atoms with van der Waals surface area (Å²) in [4.78, 5) is 17.3. The zero-order valence-electron chi connectivity index (χ0n) is 16.6. The van der Waals surface area contributed by atoms with Gasteiger partial charge in [-0.1, -0.05) is 48.5 Å². The molecule has 152 valence electrons. The van der Waals surface area contributed by atoms with Crippen LogP contribution in [0.4, 0.5) is 0 Å². The molecule has 0 bridgehead atoms. The van der Waals surface area contributed by atoms with E-state index in [9.17, 15) is 4.79 Å². The Balaban J connectivity index is 1.30. The van der Waals surface area contributed by atoms with Gasteiger partial charge in [-0.3, -0.25) is 4.79 Å². The SMILES string of the molecule is O=C(NCc1cccc(Cn2cnc3ccccc32)c1)c1ccccc1-n1cnnn1. The van der Waals surface area contributed by atoms with Crippen LogP contribution in [0.5, 0.6) is 0 Å². The van der Waals surface area contributed by atoms with Crippen molar-refractivity contribution in [3.63, 3.8) is 0 Å². The number of nitrogens with one attached hydrogen (secondary N) is 1. The summed E-state index contributed by atoms with van der Waals surface area (Å²) in [7, 11) is 0. The molecule has 8 heteroatoms. The molecule has 0 radical (unpaired) electrons. The third-order valence-corrected chi connectivity index (χ3v) is 5.07. The Labute approximate surface area is 178 Å².